The summed E-state index contributed by atoms with van der Waals surface area (Å²) in [5.41, 5.74) is 1.52. The second-order valence-corrected chi connectivity index (χ2v) is 12.2. The van der Waals surface area contributed by atoms with Gasteiger partial charge in [-0.1, -0.05) is 43.2 Å². The third-order valence-electron chi connectivity index (χ3n) is 8.46. The largest absolute Gasteiger partial charge is 0.481 e. The molecule has 5 rings (SSSR count). The van der Waals surface area contributed by atoms with Crippen LogP contribution in [-0.2, 0) is 21.1 Å². The van der Waals surface area contributed by atoms with Crippen molar-refractivity contribution in [3.63, 3.8) is 0 Å². The molecule has 204 valence electrons. The third-order valence-corrected chi connectivity index (χ3v) is 10.5. The molecule has 38 heavy (non-hydrogen) atoms. The molecule has 3 fully saturated rings. The predicted molar refractivity (Wildman–Crippen MR) is 143 cm³/mol. The first-order valence-corrected chi connectivity index (χ1v) is 14.2. The number of nitrogens with zero attached hydrogens (tertiary/aromatic N) is 5. The maximum absolute atomic E-state index is 14.5. The fourth-order valence-corrected chi connectivity index (χ4v) is 9.21. The molecule has 4 heterocycles. The molecule has 2 bridgehead atoms. The van der Waals surface area contributed by atoms with Gasteiger partial charge in [-0.05, 0) is 37.3 Å². The van der Waals surface area contributed by atoms with Crippen molar-refractivity contribution in [3.8, 4) is 0 Å². The highest BCUT2D eigenvalue weighted by molar-refractivity contribution is 8.02. The molecule has 0 radical (unpaired) electrons. The number of unbranched alkanes of at least 4 members (excludes halogenated alkanes) is 3. The van der Waals surface area contributed by atoms with Crippen molar-refractivity contribution in [2.45, 2.75) is 61.7 Å². The Morgan fingerprint density at radius 1 is 1.26 bits per heavy atom. The molecule has 1 spiro atoms. The fraction of sp³-hybridized carbons (Fsp3) is 0.593. The van der Waals surface area contributed by atoms with Gasteiger partial charge in [-0.3, -0.25) is 14.4 Å². The van der Waals surface area contributed by atoms with Gasteiger partial charge in [-0.15, -0.1) is 23.4 Å². The first kappa shape index (κ1) is 26.7. The Morgan fingerprint density at radius 3 is 2.76 bits per heavy atom. The van der Waals surface area contributed by atoms with E-state index in [4.69, 9.17) is 5.11 Å². The molecule has 3 aliphatic heterocycles. The fourth-order valence-electron chi connectivity index (χ4n) is 6.80. The van der Waals surface area contributed by atoms with Gasteiger partial charge < -0.3 is 20.0 Å². The van der Waals surface area contributed by atoms with Crippen LogP contribution < -0.4 is 0 Å². The highest BCUT2D eigenvalue weighted by atomic mass is 32.2. The van der Waals surface area contributed by atoms with Crippen molar-refractivity contribution in [2.24, 2.45) is 17.8 Å². The Balaban J connectivity index is 1.49. The van der Waals surface area contributed by atoms with Crippen LogP contribution in [0.25, 0.3) is 11.0 Å². The lowest BCUT2D eigenvalue weighted by molar-refractivity contribution is -0.149. The number of aliphatic hydroxyl groups is 1. The Hall–Kier alpha value is -2.92. The van der Waals surface area contributed by atoms with Gasteiger partial charge in [0, 0.05) is 24.9 Å². The van der Waals surface area contributed by atoms with Gasteiger partial charge in [0.05, 0.1) is 22.1 Å². The maximum atomic E-state index is 14.5. The van der Waals surface area contributed by atoms with Gasteiger partial charge in [-0.2, -0.15) is 0 Å². The SMILES string of the molecule is C=CCN(Cn1nnc2ccccc21)C(=O)C1N(CCCCCCO)C(=O)[C@@H]2[C@@H](C(=O)O)[C@H]3CC(C)C12S3. The maximum Gasteiger partial charge on any atom is 0.308 e. The molecule has 0 saturated carbocycles. The monoisotopic (exact) mass is 541 g/mol. The van der Waals surface area contributed by atoms with Crippen LogP contribution in [0.1, 0.15) is 39.0 Å². The Bertz CT molecular complexity index is 1240. The number of carboxylic acids is 1. The number of likely N-dealkylation sites (tertiary alicyclic amines) is 1. The number of rotatable bonds is 12. The second kappa shape index (κ2) is 10.7. The van der Waals surface area contributed by atoms with Crippen LogP contribution in [0, 0.1) is 17.8 Å². The topological polar surface area (TPSA) is 129 Å². The van der Waals surface area contributed by atoms with Crippen molar-refractivity contribution in [3.05, 3.63) is 36.9 Å². The molecule has 10 nitrogen and oxygen atoms in total. The molecular weight excluding hydrogens is 506 g/mol. The number of hydrogen-bond acceptors (Lipinski definition) is 7. The Morgan fingerprint density at radius 2 is 2.03 bits per heavy atom. The molecule has 2 aromatic rings. The Labute approximate surface area is 226 Å². The lowest BCUT2D eigenvalue weighted by atomic mass is 9.66. The number of para-hydroxylation sites is 1. The van der Waals surface area contributed by atoms with Crippen LogP contribution in [0.5, 0.6) is 0 Å². The number of carboxylic acid groups (broad SMARTS) is 1. The summed E-state index contributed by atoms with van der Waals surface area (Å²) in [5.74, 6) is -2.87. The molecule has 6 atom stereocenters. The van der Waals surface area contributed by atoms with Crippen LogP contribution in [0.3, 0.4) is 0 Å². The van der Waals surface area contributed by atoms with Gasteiger partial charge >= 0.3 is 5.97 Å². The standard InChI is InChI=1S/C27H35N5O5S/c1-3-12-30(16-32-19-11-7-6-10-18(19)28-29-32)25(35)23-27-17(2)15-20(38-27)21(26(36)37)22(27)24(34)31(23)13-8-4-5-9-14-33/h3,6-7,10-11,17,20-23,33H,1,4-5,8-9,12-16H2,2H3,(H,36,37)/t17?,20-,21+,22+,23?,27?/m1/s1. The zero-order valence-electron chi connectivity index (χ0n) is 21.6. The smallest absolute Gasteiger partial charge is 0.308 e. The van der Waals surface area contributed by atoms with E-state index in [9.17, 15) is 19.5 Å². The number of fused-ring (bicyclic) bond motifs is 2. The molecule has 1 aromatic heterocycles. The molecule has 1 aromatic carbocycles. The van der Waals surface area contributed by atoms with E-state index in [2.05, 4.69) is 23.8 Å². The van der Waals surface area contributed by atoms with Gasteiger partial charge in [0.2, 0.25) is 11.8 Å². The average molecular weight is 542 g/mol. The predicted octanol–water partition coefficient (Wildman–Crippen LogP) is 2.38. The first-order valence-electron chi connectivity index (χ1n) is 13.3. The van der Waals surface area contributed by atoms with Crippen LogP contribution in [-0.4, -0.2) is 88.5 Å². The number of aliphatic hydroxyl groups excluding tert-OH is 1. The van der Waals surface area contributed by atoms with E-state index in [-0.39, 0.29) is 42.8 Å². The van der Waals surface area contributed by atoms with E-state index in [0.29, 0.717) is 25.8 Å². The number of carbonyl (C=O) groups is 3. The first-order chi connectivity index (χ1) is 18.3. The molecular formula is C27H35N5O5S. The number of aliphatic carboxylic acids is 1. The molecule has 3 unspecified atom stereocenters. The van der Waals surface area contributed by atoms with Crippen molar-refractivity contribution >= 4 is 40.6 Å². The van der Waals surface area contributed by atoms with E-state index in [1.54, 1.807) is 32.3 Å². The Kier molecular flexibility index (Phi) is 7.50. The van der Waals surface area contributed by atoms with Crippen molar-refractivity contribution in [1.29, 1.82) is 0 Å². The summed E-state index contributed by atoms with van der Waals surface area (Å²) in [4.78, 5) is 44.0. The summed E-state index contributed by atoms with van der Waals surface area (Å²) in [5, 5.41) is 27.5. The highest BCUT2D eigenvalue weighted by Crippen LogP contribution is 2.68. The van der Waals surface area contributed by atoms with E-state index in [1.807, 2.05) is 24.3 Å². The molecule has 3 aliphatic rings. The minimum absolute atomic E-state index is 0.0215. The van der Waals surface area contributed by atoms with Crippen LogP contribution >= 0.6 is 11.8 Å². The van der Waals surface area contributed by atoms with Gasteiger partial charge in [0.25, 0.3) is 0 Å². The molecule has 3 saturated heterocycles. The van der Waals surface area contributed by atoms with E-state index >= 15 is 0 Å². The quantitative estimate of drug-likeness (QED) is 0.310. The average Bonchev–Trinajstić information content (AvgIpc) is 3.61. The zero-order chi connectivity index (χ0) is 27.0. The zero-order valence-corrected chi connectivity index (χ0v) is 22.4. The summed E-state index contributed by atoms with van der Waals surface area (Å²) >= 11 is 1.55. The van der Waals surface area contributed by atoms with E-state index in [0.717, 1.165) is 23.9 Å². The van der Waals surface area contributed by atoms with Crippen LogP contribution in [0.15, 0.2) is 36.9 Å². The summed E-state index contributed by atoms with van der Waals surface area (Å²) in [6.45, 7) is 6.82. The summed E-state index contributed by atoms with van der Waals surface area (Å²) in [7, 11) is 0. The molecule has 0 aliphatic carbocycles. The molecule has 2 amide bonds. The highest BCUT2D eigenvalue weighted by Gasteiger charge is 2.76. The molecule has 2 N–H and O–H groups in total. The third kappa shape index (κ3) is 4.20. The number of benzene rings is 1. The van der Waals surface area contributed by atoms with E-state index < -0.39 is 28.6 Å². The number of hydrogen-bond donors (Lipinski definition) is 2. The summed E-state index contributed by atoms with van der Waals surface area (Å²) in [6, 6.07) is 6.76. The number of thioether (sulfide) groups is 1. The minimum Gasteiger partial charge on any atom is -0.481 e. The number of aromatic nitrogens is 3. The minimum atomic E-state index is -0.956. The van der Waals surface area contributed by atoms with Crippen molar-refractivity contribution in [2.75, 3.05) is 19.7 Å². The van der Waals surface area contributed by atoms with Crippen molar-refractivity contribution in [1.82, 2.24) is 24.8 Å². The van der Waals surface area contributed by atoms with E-state index in [1.165, 1.54) is 0 Å². The lowest BCUT2D eigenvalue weighted by Gasteiger charge is -2.40. The summed E-state index contributed by atoms with van der Waals surface area (Å²) < 4.78 is 0.890. The van der Waals surface area contributed by atoms with Gasteiger partial charge in [0.1, 0.15) is 18.2 Å². The number of amides is 2. The number of carbonyl (C=O) groups excluding carboxylic acids is 2. The lowest BCUT2D eigenvalue weighted by Crippen LogP contribution is -2.57. The van der Waals surface area contributed by atoms with Gasteiger partial charge in [0.15, 0.2) is 0 Å². The van der Waals surface area contributed by atoms with Crippen molar-refractivity contribution < 1.29 is 24.6 Å². The van der Waals surface area contributed by atoms with Crippen LogP contribution in [0.4, 0.5) is 0 Å². The second-order valence-electron chi connectivity index (χ2n) is 10.6. The summed E-state index contributed by atoms with van der Waals surface area (Å²) in [6.07, 6.45) is 5.36. The normalized spacial score (nSPS) is 29.7. The van der Waals surface area contributed by atoms with Gasteiger partial charge in [-0.25, -0.2) is 4.68 Å². The molecule has 11 heteroatoms. The van der Waals surface area contributed by atoms with Crippen LogP contribution in [0.2, 0.25) is 0 Å².